The Morgan fingerprint density at radius 2 is 1.68 bits per heavy atom. The Balaban J connectivity index is 1.68. The van der Waals surface area contributed by atoms with Crippen molar-refractivity contribution in [1.29, 1.82) is 5.26 Å². The average Bonchev–Trinajstić information content (AvgIpc) is 2.73. The van der Waals surface area contributed by atoms with E-state index in [1.54, 1.807) is 18.2 Å². The number of carbonyl (C=O) groups is 1. The SMILES string of the molecule is N#Cc1cccc(C(=O)O)c1CCCc1ccccc1OCc1ccccc1. The number of aryl methyl sites for hydroxylation is 1. The average molecular weight is 371 g/mol. The third kappa shape index (κ3) is 4.77. The monoisotopic (exact) mass is 371 g/mol. The lowest BCUT2D eigenvalue weighted by molar-refractivity contribution is 0.0695. The van der Waals surface area contributed by atoms with Gasteiger partial charge in [0.05, 0.1) is 17.2 Å². The van der Waals surface area contributed by atoms with Gasteiger partial charge in [-0.1, -0.05) is 54.6 Å². The summed E-state index contributed by atoms with van der Waals surface area (Å²) in [6.45, 7) is 0.498. The van der Waals surface area contributed by atoms with Crippen LogP contribution in [0.25, 0.3) is 0 Å². The van der Waals surface area contributed by atoms with Crippen LogP contribution in [0, 0.1) is 11.3 Å². The molecule has 3 aromatic carbocycles. The number of nitrogens with zero attached hydrogens (tertiary/aromatic N) is 1. The van der Waals surface area contributed by atoms with Crippen LogP contribution in [0.4, 0.5) is 0 Å². The summed E-state index contributed by atoms with van der Waals surface area (Å²) in [5, 5.41) is 18.7. The third-order valence-corrected chi connectivity index (χ3v) is 4.61. The Labute approximate surface area is 164 Å². The van der Waals surface area contributed by atoms with Crippen molar-refractivity contribution in [3.8, 4) is 11.8 Å². The molecular weight excluding hydrogens is 350 g/mol. The van der Waals surface area contributed by atoms with Crippen LogP contribution >= 0.6 is 0 Å². The summed E-state index contributed by atoms with van der Waals surface area (Å²) < 4.78 is 5.99. The molecule has 1 N–H and O–H groups in total. The number of ether oxygens (including phenoxy) is 1. The summed E-state index contributed by atoms with van der Waals surface area (Å²) in [5.74, 6) is -0.169. The molecule has 0 spiro atoms. The summed E-state index contributed by atoms with van der Waals surface area (Å²) in [6.07, 6.45) is 1.99. The molecule has 0 unspecified atom stereocenters. The number of hydrogen-bond acceptors (Lipinski definition) is 3. The van der Waals surface area contributed by atoms with E-state index in [4.69, 9.17) is 4.74 Å². The molecule has 0 aromatic heterocycles. The van der Waals surface area contributed by atoms with Gasteiger partial charge >= 0.3 is 5.97 Å². The zero-order chi connectivity index (χ0) is 19.8. The summed E-state index contributed by atoms with van der Waals surface area (Å²) in [4.78, 5) is 11.5. The summed E-state index contributed by atoms with van der Waals surface area (Å²) in [7, 11) is 0. The molecule has 0 fully saturated rings. The molecule has 3 rings (SSSR count). The number of aromatic carboxylic acids is 1. The first kappa shape index (κ1) is 19.2. The summed E-state index contributed by atoms with van der Waals surface area (Å²) >= 11 is 0. The Bertz CT molecular complexity index is 990. The normalized spacial score (nSPS) is 10.2. The van der Waals surface area contributed by atoms with Crippen molar-refractivity contribution in [1.82, 2.24) is 0 Å². The van der Waals surface area contributed by atoms with Crippen molar-refractivity contribution in [2.75, 3.05) is 0 Å². The largest absolute Gasteiger partial charge is 0.489 e. The third-order valence-electron chi connectivity index (χ3n) is 4.61. The first-order valence-electron chi connectivity index (χ1n) is 9.19. The lowest BCUT2D eigenvalue weighted by Crippen LogP contribution is -2.06. The summed E-state index contributed by atoms with van der Waals surface area (Å²) in [5.41, 5.74) is 3.40. The maximum absolute atomic E-state index is 11.5. The van der Waals surface area contributed by atoms with Crippen LogP contribution in [-0.2, 0) is 19.4 Å². The van der Waals surface area contributed by atoms with E-state index in [0.29, 0.717) is 24.2 Å². The van der Waals surface area contributed by atoms with Gasteiger partial charge < -0.3 is 9.84 Å². The molecule has 3 aromatic rings. The van der Waals surface area contributed by atoms with Crippen molar-refractivity contribution in [2.24, 2.45) is 0 Å². The van der Waals surface area contributed by atoms with E-state index in [1.807, 2.05) is 54.6 Å². The topological polar surface area (TPSA) is 70.3 Å². The van der Waals surface area contributed by atoms with Crippen LogP contribution < -0.4 is 4.74 Å². The smallest absolute Gasteiger partial charge is 0.336 e. The van der Waals surface area contributed by atoms with Crippen molar-refractivity contribution >= 4 is 5.97 Å². The number of nitriles is 1. The van der Waals surface area contributed by atoms with E-state index in [0.717, 1.165) is 29.7 Å². The predicted molar refractivity (Wildman–Crippen MR) is 107 cm³/mol. The molecule has 0 aliphatic heterocycles. The second kappa shape index (κ2) is 9.38. The second-order valence-electron chi connectivity index (χ2n) is 6.48. The number of hydrogen-bond donors (Lipinski definition) is 1. The van der Waals surface area contributed by atoms with Crippen molar-refractivity contribution in [3.63, 3.8) is 0 Å². The van der Waals surface area contributed by atoms with Gasteiger partial charge in [-0.3, -0.25) is 0 Å². The first-order valence-corrected chi connectivity index (χ1v) is 9.19. The standard InChI is InChI=1S/C24H21NO3/c25-16-20-12-7-14-22(24(26)27)21(20)13-6-11-19-10-4-5-15-23(19)28-17-18-8-2-1-3-9-18/h1-5,7-10,12,14-15H,6,11,13,17H2,(H,26,27). The molecular formula is C24H21NO3. The fourth-order valence-corrected chi connectivity index (χ4v) is 3.20. The molecule has 0 heterocycles. The molecule has 0 amide bonds. The molecule has 28 heavy (non-hydrogen) atoms. The Kier molecular flexibility index (Phi) is 6.43. The van der Waals surface area contributed by atoms with Gasteiger partial charge in [-0.15, -0.1) is 0 Å². The highest BCUT2D eigenvalue weighted by atomic mass is 16.5. The fraction of sp³-hybridized carbons (Fsp3) is 0.167. The van der Waals surface area contributed by atoms with Crippen LogP contribution in [-0.4, -0.2) is 11.1 Å². The van der Waals surface area contributed by atoms with E-state index in [1.165, 1.54) is 0 Å². The van der Waals surface area contributed by atoms with Crippen LogP contribution in [0.3, 0.4) is 0 Å². The lowest BCUT2D eigenvalue weighted by Gasteiger charge is -2.12. The fourth-order valence-electron chi connectivity index (χ4n) is 3.20. The van der Waals surface area contributed by atoms with E-state index >= 15 is 0 Å². The van der Waals surface area contributed by atoms with Gasteiger partial charge in [-0.05, 0) is 54.2 Å². The minimum absolute atomic E-state index is 0.202. The van der Waals surface area contributed by atoms with Gasteiger partial charge in [-0.2, -0.15) is 5.26 Å². The Morgan fingerprint density at radius 3 is 2.43 bits per heavy atom. The zero-order valence-corrected chi connectivity index (χ0v) is 15.5. The van der Waals surface area contributed by atoms with Crippen LogP contribution in [0.5, 0.6) is 5.75 Å². The van der Waals surface area contributed by atoms with E-state index in [-0.39, 0.29) is 5.56 Å². The number of carboxylic acids is 1. The zero-order valence-electron chi connectivity index (χ0n) is 15.5. The highest BCUT2D eigenvalue weighted by Crippen LogP contribution is 2.23. The van der Waals surface area contributed by atoms with Gasteiger partial charge in [0.15, 0.2) is 0 Å². The number of benzene rings is 3. The van der Waals surface area contributed by atoms with Crippen LogP contribution in [0.2, 0.25) is 0 Å². The molecule has 0 atom stereocenters. The lowest BCUT2D eigenvalue weighted by atomic mass is 9.95. The number of para-hydroxylation sites is 1. The second-order valence-corrected chi connectivity index (χ2v) is 6.48. The molecule has 140 valence electrons. The molecule has 0 aliphatic carbocycles. The minimum Gasteiger partial charge on any atom is -0.489 e. The number of carboxylic acid groups (broad SMARTS) is 1. The first-order chi connectivity index (χ1) is 13.7. The molecule has 0 bridgehead atoms. The molecule has 0 saturated heterocycles. The molecule has 0 radical (unpaired) electrons. The predicted octanol–water partition coefficient (Wildman–Crippen LogP) is 5.01. The highest BCUT2D eigenvalue weighted by molar-refractivity contribution is 5.90. The summed E-state index contributed by atoms with van der Waals surface area (Å²) in [6, 6.07) is 24.8. The van der Waals surface area contributed by atoms with Gasteiger partial charge in [0.2, 0.25) is 0 Å². The van der Waals surface area contributed by atoms with E-state index in [9.17, 15) is 15.2 Å². The molecule has 0 aliphatic rings. The van der Waals surface area contributed by atoms with Gasteiger partial charge in [0.1, 0.15) is 12.4 Å². The Hall–Kier alpha value is -3.58. The van der Waals surface area contributed by atoms with Gasteiger partial charge in [-0.25, -0.2) is 4.79 Å². The van der Waals surface area contributed by atoms with Crippen LogP contribution in [0.1, 0.15) is 39.0 Å². The Morgan fingerprint density at radius 1 is 0.929 bits per heavy atom. The van der Waals surface area contributed by atoms with Crippen molar-refractivity contribution in [2.45, 2.75) is 25.9 Å². The molecule has 4 heteroatoms. The van der Waals surface area contributed by atoms with Crippen LogP contribution in [0.15, 0.2) is 72.8 Å². The minimum atomic E-state index is -1.00. The van der Waals surface area contributed by atoms with Crippen molar-refractivity contribution < 1.29 is 14.6 Å². The van der Waals surface area contributed by atoms with E-state index in [2.05, 4.69) is 6.07 Å². The van der Waals surface area contributed by atoms with Gasteiger partial charge in [0, 0.05) is 0 Å². The maximum Gasteiger partial charge on any atom is 0.336 e. The highest BCUT2D eigenvalue weighted by Gasteiger charge is 2.14. The molecule has 0 saturated carbocycles. The quantitative estimate of drug-likeness (QED) is 0.604. The van der Waals surface area contributed by atoms with Crippen molar-refractivity contribution in [3.05, 3.63) is 101 Å². The molecule has 4 nitrogen and oxygen atoms in total. The van der Waals surface area contributed by atoms with Gasteiger partial charge in [0.25, 0.3) is 0 Å². The number of rotatable bonds is 8. The maximum atomic E-state index is 11.5. The van der Waals surface area contributed by atoms with E-state index < -0.39 is 5.97 Å².